The molecule has 0 spiro atoms. The molecule has 1 saturated heterocycles. The number of allylic oxidation sites excluding steroid dienone is 2. The molecule has 1 nitrogen and oxygen atoms in total. The van der Waals surface area contributed by atoms with Gasteiger partial charge in [-0.25, -0.2) is 17.6 Å². The topological polar surface area (TPSA) is 9.23 Å². The van der Waals surface area contributed by atoms with Crippen molar-refractivity contribution < 1.29 is 22.3 Å². The molecular weight excluding hydrogens is 492 g/mol. The van der Waals surface area contributed by atoms with E-state index in [9.17, 15) is 17.6 Å². The molecule has 37 heavy (non-hydrogen) atoms. The molecule has 198 valence electrons. The fraction of sp³-hybridized carbons (Fsp3) is 0.484. The van der Waals surface area contributed by atoms with Crippen LogP contribution in [-0.2, 0) is 4.74 Å². The minimum Gasteiger partial charge on any atom is -0.364 e. The van der Waals surface area contributed by atoms with Crippen molar-refractivity contribution in [1.82, 2.24) is 0 Å². The van der Waals surface area contributed by atoms with Gasteiger partial charge in [0.2, 0.25) is 0 Å². The first-order valence-corrected chi connectivity index (χ1v) is 16.1. The Hall–Kier alpha value is -2.18. The summed E-state index contributed by atoms with van der Waals surface area (Å²) in [6.45, 7) is -0.800. The minimum atomic E-state index is -2.67. The van der Waals surface area contributed by atoms with Crippen molar-refractivity contribution in [3.8, 4) is 0 Å². The maximum Gasteiger partial charge on any atom is 0.261 e. The Balaban J connectivity index is 1.26. The summed E-state index contributed by atoms with van der Waals surface area (Å²) >= 11 is 0. The van der Waals surface area contributed by atoms with E-state index in [0.717, 1.165) is 31.8 Å². The fourth-order valence-corrected chi connectivity index (χ4v) is 12.5. The lowest BCUT2D eigenvalue weighted by atomic mass is 9.67. The molecule has 0 aromatic heterocycles. The standard InChI is InChI=1S/C31H36F4OSi/c32-26-19-27(33)21-31(20-26,36-22-30(34)35)25-13-11-23(12-14-25)24-15-17-37(18-16-24,28-7-3-1-4-8-28)29-9-5-2-6-10-29/h1-10,19-20,23-25,30H,11-18,21-22H2/t23-,25-,31?. The van der Waals surface area contributed by atoms with Crippen molar-refractivity contribution in [2.24, 2.45) is 17.8 Å². The summed E-state index contributed by atoms with van der Waals surface area (Å²) in [7, 11) is -1.82. The van der Waals surface area contributed by atoms with Crippen LogP contribution in [0.25, 0.3) is 0 Å². The van der Waals surface area contributed by atoms with Crippen LogP contribution in [0.15, 0.2) is 84.5 Å². The first kappa shape index (κ1) is 26.4. The first-order valence-electron chi connectivity index (χ1n) is 13.7. The Kier molecular flexibility index (Phi) is 8.06. The van der Waals surface area contributed by atoms with E-state index in [1.807, 2.05) is 0 Å². The fourth-order valence-electron chi connectivity index (χ4n) is 7.42. The molecule has 1 saturated carbocycles. The van der Waals surface area contributed by atoms with Crippen LogP contribution in [0.5, 0.6) is 0 Å². The van der Waals surface area contributed by atoms with Crippen LogP contribution < -0.4 is 10.4 Å². The van der Waals surface area contributed by atoms with E-state index in [1.165, 1.54) is 41.4 Å². The lowest BCUT2D eigenvalue weighted by Crippen LogP contribution is -2.60. The highest BCUT2D eigenvalue weighted by molar-refractivity contribution is 7.02. The number of halogens is 4. The zero-order chi connectivity index (χ0) is 25.9. The summed E-state index contributed by atoms with van der Waals surface area (Å²) in [5.41, 5.74) is -1.31. The maximum absolute atomic E-state index is 14.2. The summed E-state index contributed by atoms with van der Waals surface area (Å²) in [6, 6.07) is 24.5. The van der Waals surface area contributed by atoms with E-state index in [4.69, 9.17) is 4.74 Å². The SMILES string of the molecule is FC1=CC(OCC(F)F)([C@H]2CC[C@H](C3CC[Si](c4ccccc4)(c4ccccc4)CC3)CC2)CC(F)=C1. The lowest BCUT2D eigenvalue weighted by Gasteiger charge is -2.46. The zero-order valence-electron chi connectivity index (χ0n) is 21.2. The summed E-state index contributed by atoms with van der Waals surface area (Å²) in [5.74, 6) is -0.303. The molecule has 1 atom stereocenters. The third-order valence-corrected chi connectivity index (χ3v) is 14.4. The predicted octanol–water partition coefficient (Wildman–Crippen LogP) is 7.60. The van der Waals surface area contributed by atoms with Crippen molar-refractivity contribution >= 4 is 18.4 Å². The molecule has 2 fully saturated rings. The number of hydrogen-bond acceptors (Lipinski definition) is 1. The van der Waals surface area contributed by atoms with Gasteiger partial charge in [0.1, 0.15) is 26.3 Å². The van der Waals surface area contributed by atoms with Crippen LogP contribution in [0.2, 0.25) is 12.1 Å². The van der Waals surface area contributed by atoms with Crippen molar-refractivity contribution in [2.75, 3.05) is 6.61 Å². The van der Waals surface area contributed by atoms with E-state index in [1.54, 1.807) is 0 Å². The molecule has 1 heterocycles. The highest BCUT2D eigenvalue weighted by Crippen LogP contribution is 2.48. The Morgan fingerprint density at radius 1 is 0.784 bits per heavy atom. The lowest BCUT2D eigenvalue weighted by molar-refractivity contribution is -0.105. The second-order valence-electron chi connectivity index (χ2n) is 11.2. The Bertz CT molecular complexity index is 1050. The first-order chi connectivity index (χ1) is 17.9. The largest absolute Gasteiger partial charge is 0.364 e. The van der Waals surface area contributed by atoms with Crippen LogP contribution in [0.3, 0.4) is 0 Å². The van der Waals surface area contributed by atoms with Gasteiger partial charge in [0.15, 0.2) is 0 Å². The average molecular weight is 529 g/mol. The zero-order valence-corrected chi connectivity index (χ0v) is 22.2. The smallest absolute Gasteiger partial charge is 0.261 e. The number of alkyl halides is 2. The van der Waals surface area contributed by atoms with Crippen LogP contribution in [0.4, 0.5) is 17.6 Å². The Labute approximate surface area is 218 Å². The highest BCUT2D eigenvalue weighted by Gasteiger charge is 2.46. The molecule has 1 unspecified atom stereocenters. The molecule has 0 N–H and O–H groups in total. The number of benzene rings is 2. The Morgan fingerprint density at radius 2 is 1.32 bits per heavy atom. The molecule has 6 heteroatoms. The molecule has 2 aromatic carbocycles. The van der Waals surface area contributed by atoms with Crippen molar-refractivity contribution in [1.29, 1.82) is 0 Å². The molecular formula is C31H36F4OSi. The van der Waals surface area contributed by atoms with Gasteiger partial charge in [-0.2, -0.15) is 0 Å². The van der Waals surface area contributed by atoms with Gasteiger partial charge in [0, 0.05) is 12.5 Å². The quantitative estimate of drug-likeness (QED) is 0.266. The Morgan fingerprint density at radius 3 is 1.84 bits per heavy atom. The van der Waals surface area contributed by atoms with E-state index in [-0.39, 0.29) is 12.3 Å². The van der Waals surface area contributed by atoms with Crippen LogP contribution in [0, 0.1) is 17.8 Å². The van der Waals surface area contributed by atoms with Gasteiger partial charge in [-0.3, -0.25) is 0 Å². The predicted molar refractivity (Wildman–Crippen MR) is 143 cm³/mol. The van der Waals surface area contributed by atoms with Gasteiger partial charge in [-0.1, -0.05) is 83.9 Å². The molecule has 0 radical (unpaired) electrons. The second-order valence-corrected chi connectivity index (χ2v) is 15.5. The third kappa shape index (κ3) is 5.65. The van der Waals surface area contributed by atoms with Crippen molar-refractivity contribution in [3.63, 3.8) is 0 Å². The minimum absolute atomic E-state index is 0.154. The molecule has 2 aliphatic carbocycles. The molecule has 2 aromatic rings. The number of hydrogen-bond donors (Lipinski definition) is 0. The van der Waals surface area contributed by atoms with E-state index in [0.29, 0.717) is 11.8 Å². The van der Waals surface area contributed by atoms with Gasteiger partial charge < -0.3 is 4.74 Å². The number of ether oxygens (including phenoxy) is 1. The normalized spacial score (nSPS) is 28.6. The van der Waals surface area contributed by atoms with Crippen LogP contribution >= 0.6 is 0 Å². The second kappa shape index (κ2) is 11.3. The molecule has 0 amide bonds. The number of rotatable bonds is 7. The van der Waals surface area contributed by atoms with Gasteiger partial charge in [-0.05, 0) is 61.6 Å². The van der Waals surface area contributed by atoms with E-state index >= 15 is 0 Å². The van der Waals surface area contributed by atoms with E-state index in [2.05, 4.69) is 60.7 Å². The summed E-state index contributed by atoms with van der Waals surface area (Å²) in [5, 5.41) is 3.03. The van der Waals surface area contributed by atoms with Gasteiger partial charge in [0.05, 0.1) is 5.60 Å². The van der Waals surface area contributed by atoms with Crippen LogP contribution in [-0.4, -0.2) is 26.7 Å². The van der Waals surface area contributed by atoms with Gasteiger partial charge >= 0.3 is 0 Å². The van der Waals surface area contributed by atoms with Crippen molar-refractivity contribution in [2.45, 2.75) is 69.1 Å². The average Bonchev–Trinajstić information content (AvgIpc) is 2.92. The van der Waals surface area contributed by atoms with Crippen LogP contribution in [0.1, 0.15) is 44.9 Å². The molecule has 0 bridgehead atoms. The maximum atomic E-state index is 14.2. The summed E-state index contributed by atoms with van der Waals surface area (Å²) < 4.78 is 60.0. The van der Waals surface area contributed by atoms with E-state index < -0.39 is 38.4 Å². The summed E-state index contributed by atoms with van der Waals surface area (Å²) in [4.78, 5) is 0. The van der Waals surface area contributed by atoms with Gasteiger partial charge in [-0.15, -0.1) is 0 Å². The monoisotopic (exact) mass is 528 g/mol. The van der Waals surface area contributed by atoms with Crippen molar-refractivity contribution in [3.05, 3.63) is 84.5 Å². The van der Waals surface area contributed by atoms with Gasteiger partial charge in [0.25, 0.3) is 6.43 Å². The molecule has 3 aliphatic rings. The summed E-state index contributed by atoms with van der Waals surface area (Å²) in [6.07, 6.45) is 5.09. The highest BCUT2D eigenvalue weighted by atomic mass is 28.3. The third-order valence-electron chi connectivity index (χ3n) is 9.27. The molecule has 1 aliphatic heterocycles. The molecule has 5 rings (SSSR count).